The van der Waals surface area contributed by atoms with Gasteiger partial charge in [0.15, 0.2) is 0 Å². The summed E-state index contributed by atoms with van der Waals surface area (Å²) in [7, 11) is 0. The first-order chi connectivity index (χ1) is 8.84. The lowest BCUT2D eigenvalue weighted by molar-refractivity contribution is 0.0701. The van der Waals surface area contributed by atoms with E-state index >= 15 is 0 Å². The second-order valence-electron chi connectivity index (χ2n) is 4.87. The highest BCUT2D eigenvalue weighted by molar-refractivity contribution is 5.69. The van der Waals surface area contributed by atoms with Crippen molar-refractivity contribution in [2.75, 3.05) is 25.0 Å². The molecule has 0 aromatic heterocycles. The van der Waals surface area contributed by atoms with Gasteiger partial charge in [-0.1, -0.05) is 18.2 Å². The average Bonchev–Trinajstić information content (AvgIpc) is 2.42. The molecule has 0 saturated carbocycles. The molecule has 0 radical (unpaired) electrons. The van der Waals surface area contributed by atoms with Crippen LogP contribution in [0.4, 0.5) is 10.5 Å². The molecule has 1 amide bonds. The van der Waals surface area contributed by atoms with Gasteiger partial charge in [0, 0.05) is 18.8 Å². The molecule has 2 aliphatic rings. The molecular formula is C14H18N2O2. The van der Waals surface area contributed by atoms with Crippen LogP contribution in [0.1, 0.15) is 24.0 Å². The smallest absolute Gasteiger partial charge is 0.410 e. The van der Waals surface area contributed by atoms with Gasteiger partial charge >= 0.3 is 6.09 Å². The van der Waals surface area contributed by atoms with Crippen molar-refractivity contribution in [2.45, 2.75) is 25.8 Å². The predicted molar refractivity (Wildman–Crippen MR) is 69.6 cm³/mol. The van der Waals surface area contributed by atoms with Crippen LogP contribution in [-0.2, 0) is 17.7 Å². The van der Waals surface area contributed by atoms with Gasteiger partial charge in [-0.05, 0) is 30.4 Å². The second kappa shape index (κ2) is 4.88. The van der Waals surface area contributed by atoms with Crippen LogP contribution in [0.5, 0.6) is 0 Å². The Morgan fingerprint density at radius 1 is 1.33 bits per heavy atom. The number of hydrogen-bond donors (Lipinski definition) is 1. The summed E-state index contributed by atoms with van der Waals surface area (Å²) in [6, 6.07) is 6.34. The number of aryl methyl sites for hydroxylation is 1. The molecule has 0 atom stereocenters. The molecule has 0 aliphatic carbocycles. The van der Waals surface area contributed by atoms with Crippen LogP contribution in [0, 0.1) is 0 Å². The minimum atomic E-state index is -0.185. The number of carbonyl (C=O) groups is 1. The van der Waals surface area contributed by atoms with Gasteiger partial charge in [0.2, 0.25) is 0 Å². The Morgan fingerprint density at radius 3 is 3.17 bits per heavy atom. The lowest BCUT2D eigenvalue weighted by Gasteiger charge is -2.28. The molecule has 4 nitrogen and oxygen atoms in total. The monoisotopic (exact) mass is 246 g/mol. The predicted octanol–water partition coefficient (Wildman–Crippen LogP) is 2.39. The lowest BCUT2D eigenvalue weighted by Crippen LogP contribution is -2.37. The standard InChI is InChI=1S/C14H18N2O2/c17-14-16(8-3-9-18-14)10-12-5-1-4-11-6-2-7-15-13(11)12/h1,4-5,15H,2-3,6-10H2. The first kappa shape index (κ1) is 11.4. The van der Waals surface area contributed by atoms with E-state index in [0.29, 0.717) is 13.2 Å². The Morgan fingerprint density at radius 2 is 2.28 bits per heavy atom. The number of anilines is 1. The molecule has 3 rings (SSSR count). The molecule has 1 fully saturated rings. The van der Waals surface area contributed by atoms with E-state index < -0.39 is 0 Å². The van der Waals surface area contributed by atoms with Crippen LogP contribution in [0.3, 0.4) is 0 Å². The van der Waals surface area contributed by atoms with E-state index in [0.717, 1.165) is 25.9 Å². The minimum absolute atomic E-state index is 0.185. The van der Waals surface area contributed by atoms with Gasteiger partial charge in [0.1, 0.15) is 0 Å². The van der Waals surface area contributed by atoms with Crippen LogP contribution in [0.15, 0.2) is 18.2 Å². The van der Waals surface area contributed by atoms with Crippen LogP contribution >= 0.6 is 0 Å². The lowest BCUT2D eigenvalue weighted by atomic mass is 9.99. The molecule has 4 heteroatoms. The minimum Gasteiger partial charge on any atom is -0.449 e. The number of nitrogens with zero attached hydrogens (tertiary/aromatic N) is 1. The quantitative estimate of drug-likeness (QED) is 0.871. The van der Waals surface area contributed by atoms with Crippen molar-refractivity contribution in [2.24, 2.45) is 0 Å². The number of rotatable bonds is 2. The molecule has 1 saturated heterocycles. The molecule has 2 heterocycles. The zero-order valence-electron chi connectivity index (χ0n) is 10.4. The van der Waals surface area contributed by atoms with Crippen LogP contribution in [0.25, 0.3) is 0 Å². The second-order valence-corrected chi connectivity index (χ2v) is 4.87. The number of fused-ring (bicyclic) bond motifs is 1. The number of hydrogen-bond acceptors (Lipinski definition) is 3. The van der Waals surface area contributed by atoms with E-state index in [2.05, 4.69) is 23.5 Å². The van der Waals surface area contributed by atoms with E-state index in [9.17, 15) is 4.79 Å². The van der Waals surface area contributed by atoms with Crippen molar-refractivity contribution >= 4 is 11.8 Å². The molecular weight excluding hydrogens is 228 g/mol. The zero-order valence-corrected chi connectivity index (χ0v) is 10.4. The number of ether oxygens (including phenoxy) is 1. The van der Waals surface area contributed by atoms with Crippen molar-refractivity contribution < 1.29 is 9.53 Å². The molecule has 2 aliphatic heterocycles. The van der Waals surface area contributed by atoms with Gasteiger partial charge in [-0.15, -0.1) is 0 Å². The molecule has 1 aromatic rings. The summed E-state index contributed by atoms with van der Waals surface area (Å²) in [5.74, 6) is 0. The van der Waals surface area contributed by atoms with Gasteiger partial charge in [0.05, 0.1) is 13.2 Å². The number of cyclic esters (lactones) is 1. The van der Waals surface area contributed by atoms with Crippen LogP contribution < -0.4 is 5.32 Å². The molecule has 1 N–H and O–H groups in total. The highest BCUT2D eigenvalue weighted by Crippen LogP contribution is 2.27. The largest absolute Gasteiger partial charge is 0.449 e. The van der Waals surface area contributed by atoms with Gasteiger partial charge in [0.25, 0.3) is 0 Å². The third-order valence-corrected chi connectivity index (χ3v) is 3.58. The van der Waals surface area contributed by atoms with Gasteiger partial charge in [-0.25, -0.2) is 4.79 Å². The molecule has 18 heavy (non-hydrogen) atoms. The number of carbonyl (C=O) groups excluding carboxylic acids is 1. The molecule has 0 bridgehead atoms. The first-order valence-electron chi connectivity index (χ1n) is 6.61. The van der Waals surface area contributed by atoms with Gasteiger partial charge in [-0.3, -0.25) is 0 Å². The Labute approximate surface area is 107 Å². The highest BCUT2D eigenvalue weighted by atomic mass is 16.6. The zero-order chi connectivity index (χ0) is 12.4. The summed E-state index contributed by atoms with van der Waals surface area (Å²) in [5.41, 5.74) is 3.79. The van der Waals surface area contributed by atoms with Crippen molar-refractivity contribution in [3.05, 3.63) is 29.3 Å². The summed E-state index contributed by atoms with van der Waals surface area (Å²) in [4.78, 5) is 13.4. The summed E-state index contributed by atoms with van der Waals surface area (Å²) in [5, 5.41) is 3.46. The third kappa shape index (κ3) is 2.15. The maximum atomic E-state index is 11.7. The van der Waals surface area contributed by atoms with E-state index in [1.165, 1.54) is 23.2 Å². The topological polar surface area (TPSA) is 41.6 Å². The normalized spacial score (nSPS) is 18.9. The highest BCUT2D eigenvalue weighted by Gasteiger charge is 2.21. The number of benzene rings is 1. The first-order valence-corrected chi connectivity index (χ1v) is 6.61. The number of amides is 1. The fourth-order valence-electron chi connectivity index (χ4n) is 2.66. The van der Waals surface area contributed by atoms with E-state index in [4.69, 9.17) is 4.74 Å². The summed E-state index contributed by atoms with van der Waals surface area (Å²) >= 11 is 0. The SMILES string of the molecule is O=C1OCCCN1Cc1cccc2c1NCCC2. The van der Waals surface area contributed by atoms with Crippen molar-refractivity contribution in [3.63, 3.8) is 0 Å². The van der Waals surface area contributed by atoms with E-state index in [-0.39, 0.29) is 6.09 Å². The summed E-state index contributed by atoms with van der Waals surface area (Å²) in [6.07, 6.45) is 3.05. The molecule has 0 spiro atoms. The van der Waals surface area contributed by atoms with E-state index in [1.54, 1.807) is 4.90 Å². The van der Waals surface area contributed by atoms with Crippen molar-refractivity contribution in [1.82, 2.24) is 4.90 Å². The Balaban J connectivity index is 1.81. The van der Waals surface area contributed by atoms with E-state index in [1.807, 2.05) is 0 Å². The Kier molecular flexibility index (Phi) is 3.09. The van der Waals surface area contributed by atoms with Crippen molar-refractivity contribution in [1.29, 1.82) is 0 Å². The van der Waals surface area contributed by atoms with Gasteiger partial charge in [-0.2, -0.15) is 0 Å². The maximum Gasteiger partial charge on any atom is 0.410 e. The van der Waals surface area contributed by atoms with Crippen LogP contribution in [0.2, 0.25) is 0 Å². The summed E-state index contributed by atoms with van der Waals surface area (Å²) < 4.78 is 5.07. The Bertz CT molecular complexity index is 459. The summed E-state index contributed by atoms with van der Waals surface area (Å²) in [6.45, 7) is 3.02. The number of nitrogens with one attached hydrogen (secondary N) is 1. The Hall–Kier alpha value is -1.71. The maximum absolute atomic E-state index is 11.7. The fraction of sp³-hybridized carbons (Fsp3) is 0.500. The third-order valence-electron chi connectivity index (χ3n) is 3.58. The molecule has 96 valence electrons. The molecule has 0 unspecified atom stereocenters. The van der Waals surface area contributed by atoms with Crippen molar-refractivity contribution in [3.8, 4) is 0 Å². The van der Waals surface area contributed by atoms with Crippen LogP contribution in [-0.4, -0.2) is 30.7 Å². The van der Waals surface area contributed by atoms with Gasteiger partial charge < -0.3 is 15.0 Å². The molecule has 1 aromatic carbocycles. The number of para-hydroxylation sites is 1. The fourth-order valence-corrected chi connectivity index (χ4v) is 2.66. The average molecular weight is 246 g/mol.